The molecule has 0 fully saturated rings. The lowest BCUT2D eigenvalue weighted by atomic mass is 9.77. The highest BCUT2D eigenvalue weighted by atomic mass is 16.4. The van der Waals surface area contributed by atoms with Crippen LogP contribution in [0.2, 0.25) is 0 Å². The molecule has 0 saturated heterocycles. The Kier molecular flexibility index (Phi) is 4.86. The van der Waals surface area contributed by atoms with Crippen molar-refractivity contribution in [1.82, 2.24) is 0 Å². The predicted octanol–water partition coefficient (Wildman–Crippen LogP) is 5.48. The molecule has 3 nitrogen and oxygen atoms in total. The minimum atomic E-state index is -0.948. The van der Waals surface area contributed by atoms with Crippen LogP contribution in [0, 0.1) is 16.7 Å². The maximum Gasteiger partial charge on any atom is 0.335 e. The summed E-state index contributed by atoms with van der Waals surface area (Å²) in [4.78, 5) is 11.4. The molecular weight excluding hydrogens is 322 g/mol. The van der Waals surface area contributed by atoms with E-state index in [9.17, 15) is 15.2 Å². The number of carboxylic acid groups (broad SMARTS) is 1. The Balaban J connectivity index is 2.07. The normalized spacial score (nSPS) is 18.7. The van der Waals surface area contributed by atoms with E-state index in [4.69, 9.17) is 0 Å². The first kappa shape index (κ1) is 17.4. The smallest absolute Gasteiger partial charge is 0.335 e. The van der Waals surface area contributed by atoms with E-state index in [-0.39, 0.29) is 5.56 Å². The van der Waals surface area contributed by atoms with E-state index < -0.39 is 11.4 Å². The van der Waals surface area contributed by atoms with E-state index in [1.165, 1.54) is 0 Å². The Morgan fingerprint density at radius 1 is 1.23 bits per heavy atom. The third-order valence-electron chi connectivity index (χ3n) is 4.66. The topological polar surface area (TPSA) is 61.1 Å². The lowest BCUT2D eigenvalue weighted by Gasteiger charge is -2.24. The van der Waals surface area contributed by atoms with E-state index in [1.54, 1.807) is 18.2 Å². The Hall–Kier alpha value is -3.38. The Morgan fingerprint density at radius 2 is 2.00 bits per heavy atom. The van der Waals surface area contributed by atoms with Crippen molar-refractivity contribution in [3.8, 4) is 17.2 Å². The van der Waals surface area contributed by atoms with Gasteiger partial charge >= 0.3 is 5.97 Å². The fourth-order valence-electron chi connectivity index (χ4n) is 3.20. The fourth-order valence-corrected chi connectivity index (χ4v) is 3.20. The number of rotatable bonds is 5. The number of hydrogen-bond donors (Lipinski definition) is 1. The molecule has 1 aliphatic carbocycles. The summed E-state index contributed by atoms with van der Waals surface area (Å²) in [6.07, 6.45) is 8.92. The van der Waals surface area contributed by atoms with E-state index in [2.05, 4.69) is 18.7 Å². The third kappa shape index (κ3) is 3.36. The summed E-state index contributed by atoms with van der Waals surface area (Å²) in [7, 11) is 0. The lowest BCUT2D eigenvalue weighted by molar-refractivity contribution is 0.0697. The third-order valence-corrected chi connectivity index (χ3v) is 4.66. The number of benzene rings is 2. The summed E-state index contributed by atoms with van der Waals surface area (Å²) < 4.78 is 0. The van der Waals surface area contributed by atoms with E-state index in [1.807, 2.05) is 48.6 Å². The first-order valence-electron chi connectivity index (χ1n) is 8.43. The summed E-state index contributed by atoms with van der Waals surface area (Å²) >= 11 is 0. The molecule has 128 valence electrons. The van der Waals surface area contributed by atoms with Crippen molar-refractivity contribution in [3.63, 3.8) is 0 Å². The Morgan fingerprint density at radius 3 is 2.58 bits per heavy atom. The van der Waals surface area contributed by atoms with Gasteiger partial charge in [-0.1, -0.05) is 60.7 Å². The van der Waals surface area contributed by atoms with Gasteiger partial charge in [-0.05, 0) is 47.2 Å². The first-order chi connectivity index (χ1) is 12.6. The highest BCUT2D eigenvalue weighted by Crippen LogP contribution is 2.38. The molecule has 0 saturated carbocycles. The van der Waals surface area contributed by atoms with Crippen LogP contribution in [0.1, 0.15) is 28.8 Å². The number of allylic oxidation sites excluding steroid dienone is 5. The molecule has 3 heteroatoms. The van der Waals surface area contributed by atoms with Crippen molar-refractivity contribution in [2.75, 3.05) is 0 Å². The van der Waals surface area contributed by atoms with Gasteiger partial charge in [-0.25, -0.2) is 4.79 Å². The minimum Gasteiger partial charge on any atom is -0.478 e. The van der Waals surface area contributed by atoms with Gasteiger partial charge < -0.3 is 5.11 Å². The SMILES string of the molecule is C=CCC1(C#N)C=CC(c2ccc(C(=O)O)cc2-c2ccccc2)=CC1. The number of nitriles is 1. The standard InChI is InChI=1S/C23H19NO2/c1-2-12-23(16-24)13-10-18(11-14-23)20-9-8-19(22(25)26)15-21(20)17-6-4-3-5-7-17/h2-11,13,15H,1,12,14H2,(H,25,26). The molecule has 2 aromatic carbocycles. The minimum absolute atomic E-state index is 0.256. The van der Waals surface area contributed by atoms with Gasteiger partial charge in [-0.3, -0.25) is 0 Å². The van der Waals surface area contributed by atoms with Gasteiger partial charge in [0.25, 0.3) is 0 Å². The van der Waals surface area contributed by atoms with Gasteiger partial charge in [0.1, 0.15) is 0 Å². The van der Waals surface area contributed by atoms with Crippen LogP contribution in [0.4, 0.5) is 0 Å². The molecule has 0 aliphatic heterocycles. The maximum absolute atomic E-state index is 11.4. The van der Waals surface area contributed by atoms with Crippen LogP contribution < -0.4 is 0 Å². The largest absolute Gasteiger partial charge is 0.478 e. The zero-order valence-corrected chi connectivity index (χ0v) is 14.4. The van der Waals surface area contributed by atoms with Crippen molar-refractivity contribution in [2.45, 2.75) is 12.8 Å². The molecule has 0 amide bonds. The summed E-state index contributed by atoms with van der Waals surface area (Å²) in [5, 5.41) is 18.9. The number of nitrogens with zero attached hydrogens (tertiary/aromatic N) is 1. The molecule has 1 N–H and O–H groups in total. The average molecular weight is 341 g/mol. The Labute approximate surface area is 153 Å². The molecule has 0 radical (unpaired) electrons. The molecule has 26 heavy (non-hydrogen) atoms. The maximum atomic E-state index is 11.4. The average Bonchev–Trinajstić information content (AvgIpc) is 2.69. The molecule has 0 aromatic heterocycles. The van der Waals surface area contributed by atoms with Crippen LogP contribution in [-0.2, 0) is 0 Å². The van der Waals surface area contributed by atoms with Crippen molar-refractivity contribution in [1.29, 1.82) is 5.26 Å². The zero-order valence-electron chi connectivity index (χ0n) is 14.4. The van der Waals surface area contributed by atoms with E-state index in [0.717, 1.165) is 22.3 Å². The molecule has 3 rings (SSSR count). The molecule has 0 bridgehead atoms. The van der Waals surface area contributed by atoms with Crippen molar-refractivity contribution in [3.05, 3.63) is 90.5 Å². The van der Waals surface area contributed by atoms with E-state index in [0.29, 0.717) is 12.8 Å². The van der Waals surface area contributed by atoms with Gasteiger partial charge in [0.2, 0.25) is 0 Å². The number of carbonyl (C=O) groups is 1. The van der Waals surface area contributed by atoms with Crippen LogP contribution in [0.5, 0.6) is 0 Å². The summed E-state index contributed by atoms with van der Waals surface area (Å²) in [6, 6.07) is 17.3. The molecule has 0 spiro atoms. The molecule has 1 aliphatic rings. The van der Waals surface area contributed by atoms with Gasteiger partial charge in [0.15, 0.2) is 0 Å². The van der Waals surface area contributed by atoms with Crippen molar-refractivity contribution < 1.29 is 9.90 Å². The van der Waals surface area contributed by atoms with Gasteiger partial charge in [0.05, 0.1) is 17.0 Å². The van der Waals surface area contributed by atoms with Crippen molar-refractivity contribution in [2.24, 2.45) is 5.41 Å². The quantitative estimate of drug-likeness (QED) is 0.732. The summed E-state index contributed by atoms with van der Waals surface area (Å²) in [5.41, 5.74) is 3.50. The lowest BCUT2D eigenvalue weighted by Crippen LogP contribution is -2.16. The van der Waals surface area contributed by atoms with Crippen LogP contribution in [0.25, 0.3) is 16.7 Å². The van der Waals surface area contributed by atoms with Crippen LogP contribution >= 0.6 is 0 Å². The van der Waals surface area contributed by atoms with Crippen molar-refractivity contribution >= 4 is 11.5 Å². The second-order valence-corrected chi connectivity index (χ2v) is 6.39. The van der Waals surface area contributed by atoms with Gasteiger partial charge in [0, 0.05) is 0 Å². The van der Waals surface area contributed by atoms with Crippen LogP contribution in [0.15, 0.2) is 79.4 Å². The zero-order chi connectivity index (χ0) is 18.6. The van der Waals surface area contributed by atoms with E-state index >= 15 is 0 Å². The van der Waals surface area contributed by atoms with Gasteiger partial charge in [-0.15, -0.1) is 6.58 Å². The highest BCUT2D eigenvalue weighted by molar-refractivity contribution is 5.93. The molecule has 1 unspecified atom stereocenters. The summed E-state index contributed by atoms with van der Waals surface area (Å²) in [5.74, 6) is -0.948. The molecular formula is C23H19NO2. The summed E-state index contributed by atoms with van der Waals surface area (Å²) in [6.45, 7) is 3.74. The van der Waals surface area contributed by atoms with Crippen LogP contribution in [0.3, 0.4) is 0 Å². The first-order valence-corrected chi connectivity index (χ1v) is 8.43. The molecule has 1 atom stereocenters. The number of hydrogen-bond acceptors (Lipinski definition) is 2. The fraction of sp³-hybridized carbons (Fsp3) is 0.130. The second kappa shape index (κ2) is 7.25. The molecule has 2 aromatic rings. The number of aromatic carboxylic acids is 1. The molecule has 0 heterocycles. The number of carboxylic acids is 1. The highest BCUT2D eigenvalue weighted by Gasteiger charge is 2.27. The monoisotopic (exact) mass is 341 g/mol. The Bertz CT molecular complexity index is 948. The second-order valence-electron chi connectivity index (χ2n) is 6.39. The predicted molar refractivity (Wildman–Crippen MR) is 103 cm³/mol. The van der Waals surface area contributed by atoms with Crippen LogP contribution in [-0.4, -0.2) is 11.1 Å². The van der Waals surface area contributed by atoms with Gasteiger partial charge in [-0.2, -0.15) is 5.26 Å².